The molecule has 2 saturated heterocycles. The van der Waals surface area contributed by atoms with Crippen molar-refractivity contribution in [1.29, 1.82) is 0 Å². The minimum Gasteiger partial charge on any atom is -0.379 e. The van der Waals surface area contributed by atoms with Gasteiger partial charge in [0.25, 0.3) is 0 Å². The number of benzene rings is 2. The van der Waals surface area contributed by atoms with Gasteiger partial charge in [0.05, 0.1) is 31.0 Å². The highest BCUT2D eigenvalue weighted by Gasteiger charge is 2.22. The number of morpholine rings is 1. The molecular weight excluding hydrogens is 450 g/mol. The van der Waals surface area contributed by atoms with Crippen LogP contribution in [0.4, 0.5) is 11.4 Å². The number of ether oxygens (including phenoxy) is 1. The Kier molecular flexibility index (Phi) is 7.03. The highest BCUT2D eigenvalue weighted by Crippen LogP contribution is 2.27. The lowest BCUT2D eigenvalue weighted by atomic mass is 10.2. The predicted molar refractivity (Wildman–Crippen MR) is 133 cm³/mol. The van der Waals surface area contributed by atoms with Gasteiger partial charge >= 0.3 is 0 Å². The lowest BCUT2D eigenvalue weighted by Crippen LogP contribution is -2.36. The van der Waals surface area contributed by atoms with E-state index in [1.165, 1.54) is 11.8 Å². The highest BCUT2D eigenvalue weighted by molar-refractivity contribution is 8.00. The van der Waals surface area contributed by atoms with E-state index in [4.69, 9.17) is 14.7 Å². The quantitative estimate of drug-likeness (QED) is 0.413. The fraction of sp³-hybridized carbons (Fsp3) is 0.360. The Morgan fingerprint density at radius 1 is 1.06 bits per heavy atom. The van der Waals surface area contributed by atoms with Gasteiger partial charge in [-0.25, -0.2) is 9.97 Å². The first-order valence-electron chi connectivity index (χ1n) is 11.5. The van der Waals surface area contributed by atoms with E-state index in [0.717, 1.165) is 66.7 Å². The van der Waals surface area contributed by atoms with Crippen LogP contribution in [-0.2, 0) is 20.9 Å². The molecule has 0 aliphatic carbocycles. The summed E-state index contributed by atoms with van der Waals surface area (Å²) in [5.41, 5.74) is 2.39. The molecule has 0 bridgehead atoms. The van der Waals surface area contributed by atoms with Crippen molar-refractivity contribution in [1.82, 2.24) is 14.9 Å². The molecule has 176 valence electrons. The van der Waals surface area contributed by atoms with Gasteiger partial charge in [0.2, 0.25) is 11.8 Å². The number of carbonyl (C=O) groups is 2. The number of carbonyl (C=O) groups excluding carboxylic acids is 2. The zero-order chi connectivity index (χ0) is 23.3. The molecule has 3 aromatic rings. The van der Waals surface area contributed by atoms with Crippen LogP contribution in [0.25, 0.3) is 10.9 Å². The van der Waals surface area contributed by atoms with Crippen LogP contribution >= 0.6 is 11.8 Å². The molecule has 1 aromatic heterocycles. The SMILES string of the molecule is O=C(CSc1nc(CN2CCOCC2)nc2ccccc12)Nc1cccc(N2CCCC2=O)c1. The number of amides is 2. The standard InChI is InChI=1S/C25H27N5O3S/c31-23(26-18-5-3-6-19(15-18)30-10-4-9-24(30)32)17-34-25-20-7-1-2-8-21(20)27-22(28-25)16-29-11-13-33-14-12-29/h1-3,5-8,15H,4,9-14,16-17H2,(H,26,31). The van der Waals surface area contributed by atoms with E-state index in [9.17, 15) is 9.59 Å². The summed E-state index contributed by atoms with van der Waals surface area (Å²) >= 11 is 1.41. The van der Waals surface area contributed by atoms with Crippen LogP contribution in [0.3, 0.4) is 0 Å². The van der Waals surface area contributed by atoms with Gasteiger partial charge < -0.3 is 15.0 Å². The minimum absolute atomic E-state index is 0.118. The third kappa shape index (κ3) is 5.38. The summed E-state index contributed by atoms with van der Waals surface area (Å²) < 4.78 is 5.44. The van der Waals surface area contributed by atoms with Crippen LogP contribution in [-0.4, -0.2) is 65.3 Å². The Bertz CT molecular complexity index is 1200. The van der Waals surface area contributed by atoms with Crippen LogP contribution in [0.5, 0.6) is 0 Å². The normalized spacial score (nSPS) is 16.8. The van der Waals surface area contributed by atoms with Crippen molar-refractivity contribution in [3.63, 3.8) is 0 Å². The maximum Gasteiger partial charge on any atom is 0.234 e. The number of para-hydroxylation sites is 1. The molecule has 3 heterocycles. The summed E-state index contributed by atoms with van der Waals surface area (Å²) in [5, 5.41) is 4.71. The van der Waals surface area contributed by atoms with Gasteiger partial charge in [-0.3, -0.25) is 14.5 Å². The highest BCUT2D eigenvalue weighted by atomic mass is 32.2. The van der Waals surface area contributed by atoms with Gasteiger partial charge in [-0.05, 0) is 30.7 Å². The molecule has 2 aliphatic heterocycles. The molecule has 34 heavy (non-hydrogen) atoms. The number of rotatable bonds is 7. The average Bonchev–Trinajstić information content (AvgIpc) is 3.29. The summed E-state index contributed by atoms with van der Waals surface area (Å²) in [6, 6.07) is 15.4. The summed E-state index contributed by atoms with van der Waals surface area (Å²) in [4.78, 5) is 38.4. The lowest BCUT2D eigenvalue weighted by molar-refractivity contribution is -0.117. The maximum atomic E-state index is 12.7. The maximum absolute atomic E-state index is 12.7. The van der Waals surface area contributed by atoms with Gasteiger partial charge in [-0.1, -0.05) is 36.0 Å². The topological polar surface area (TPSA) is 87.7 Å². The van der Waals surface area contributed by atoms with Gasteiger partial charge in [-0.15, -0.1) is 0 Å². The molecule has 0 atom stereocenters. The monoisotopic (exact) mass is 477 g/mol. The summed E-state index contributed by atoms with van der Waals surface area (Å²) in [6.07, 6.45) is 1.44. The van der Waals surface area contributed by atoms with Crippen LogP contribution < -0.4 is 10.2 Å². The molecule has 2 amide bonds. The van der Waals surface area contributed by atoms with Crippen LogP contribution in [0, 0.1) is 0 Å². The van der Waals surface area contributed by atoms with Gasteiger partial charge in [-0.2, -0.15) is 0 Å². The number of nitrogens with zero attached hydrogens (tertiary/aromatic N) is 4. The Balaban J connectivity index is 1.27. The zero-order valence-corrected chi connectivity index (χ0v) is 19.7. The molecule has 2 aliphatic rings. The predicted octanol–water partition coefficient (Wildman–Crippen LogP) is 3.32. The summed E-state index contributed by atoms with van der Waals surface area (Å²) in [7, 11) is 0. The molecular formula is C25H27N5O3S. The average molecular weight is 478 g/mol. The Labute approximate surface area is 202 Å². The number of thioether (sulfide) groups is 1. The van der Waals surface area contributed by atoms with Crippen molar-refractivity contribution in [2.45, 2.75) is 24.4 Å². The molecule has 2 fully saturated rings. The minimum atomic E-state index is -0.118. The Morgan fingerprint density at radius 3 is 2.74 bits per heavy atom. The van der Waals surface area contributed by atoms with Crippen molar-refractivity contribution >= 4 is 45.9 Å². The first kappa shape index (κ1) is 22.8. The van der Waals surface area contributed by atoms with E-state index in [1.807, 2.05) is 48.5 Å². The van der Waals surface area contributed by atoms with Gasteiger partial charge in [0, 0.05) is 42.8 Å². The molecule has 0 radical (unpaired) electrons. The molecule has 5 rings (SSSR count). The van der Waals surface area contributed by atoms with E-state index < -0.39 is 0 Å². The number of hydrogen-bond donors (Lipinski definition) is 1. The molecule has 0 saturated carbocycles. The summed E-state index contributed by atoms with van der Waals surface area (Å²) in [6.45, 7) is 4.56. The van der Waals surface area contributed by atoms with E-state index in [0.29, 0.717) is 18.7 Å². The second kappa shape index (κ2) is 10.5. The van der Waals surface area contributed by atoms with E-state index in [-0.39, 0.29) is 17.6 Å². The molecule has 1 N–H and O–H groups in total. The third-order valence-corrected chi connectivity index (χ3v) is 6.93. The second-order valence-electron chi connectivity index (χ2n) is 8.39. The Hall–Kier alpha value is -3.01. The number of hydrogen-bond acceptors (Lipinski definition) is 7. The molecule has 9 heteroatoms. The number of nitrogens with one attached hydrogen (secondary N) is 1. The van der Waals surface area contributed by atoms with Crippen LogP contribution in [0.15, 0.2) is 53.6 Å². The largest absolute Gasteiger partial charge is 0.379 e. The molecule has 2 aromatic carbocycles. The molecule has 0 spiro atoms. The van der Waals surface area contributed by atoms with Crippen molar-refractivity contribution in [3.8, 4) is 0 Å². The number of anilines is 2. The first-order valence-corrected chi connectivity index (χ1v) is 12.5. The Morgan fingerprint density at radius 2 is 1.91 bits per heavy atom. The van der Waals surface area contributed by atoms with Gasteiger partial charge in [0.15, 0.2) is 0 Å². The third-order valence-electron chi connectivity index (χ3n) is 5.94. The number of fused-ring (bicyclic) bond motifs is 1. The van der Waals surface area contributed by atoms with Gasteiger partial charge in [0.1, 0.15) is 10.9 Å². The second-order valence-corrected chi connectivity index (χ2v) is 9.35. The lowest BCUT2D eigenvalue weighted by Gasteiger charge is -2.25. The fourth-order valence-electron chi connectivity index (χ4n) is 4.24. The number of aromatic nitrogens is 2. The molecule has 0 unspecified atom stereocenters. The van der Waals surface area contributed by atoms with Crippen LogP contribution in [0.1, 0.15) is 18.7 Å². The smallest absolute Gasteiger partial charge is 0.234 e. The van der Waals surface area contributed by atoms with E-state index in [2.05, 4.69) is 10.2 Å². The van der Waals surface area contributed by atoms with Crippen molar-refractivity contribution < 1.29 is 14.3 Å². The fourth-order valence-corrected chi connectivity index (χ4v) is 5.08. The van der Waals surface area contributed by atoms with Crippen molar-refractivity contribution in [2.24, 2.45) is 0 Å². The molecule has 8 nitrogen and oxygen atoms in total. The van der Waals surface area contributed by atoms with Crippen molar-refractivity contribution in [2.75, 3.05) is 48.8 Å². The zero-order valence-electron chi connectivity index (χ0n) is 18.9. The summed E-state index contributed by atoms with van der Waals surface area (Å²) in [5.74, 6) is 0.992. The van der Waals surface area contributed by atoms with Crippen molar-refractivity contribution in [3.05, 3.63) is 54.4 Å². The van der Waals surface area contributed by atoms with Crippen LogP contribution in [0.2, 0.25) is 0 Å². The first-order chi connectivity index (χ1) is 16.7. The van der Waals surface area contributed by atoms with E-state index in [1.54, 1.807) is 4.90 Å². The van der Waals surface area contributed by atoms with E-state index >= 15 is 0 Å².